The summed E-state index contributed by atoms with van der Waals surface area (Å²) in [6.07, 6.45) is 0. The number of carbonyl (C=O) groups excluding carboxylic acids is 1. The summed E-state index contributed by atoms with van der Waals surface area (Å²) in [6, 6.07) is 7.35. The molecular weight excluding hydrogens is 252 g/mol. The molecule has 2 rings (SSSR count). The van der Waals surface area contributed by atoms with Crippen LogP contribution in [0.3, 0.4) is 0 Å². The van der Waals surface area contributed by atoms with Crippen molar-refractivity contribution in [3.05, 3.63) is 41.2 Å². The second kappa shape index (κ2) is 5.36. The van der Waals surface area contributed by atoms with Gasteiger partial charge in [-0.05, 0) is 39.0 Å². The van der Waals surface area contributed by atoms with E-state index >= 15 is 0 Å². The number of benzene rings is 1. The van der Waals surface area contributed by atoms with Crippen molar-refractivity contribution in [3.63, 3.8) is 0 Å². The van der Waals surface area contributed by atoms with E-state index in [-0.39, 0.29) is 5.91 Å². The molecule has 1 amide bonds. The number of hydrogen-bond acceptors (Lipinski definition) is 3. The third kappa shape index (κ3) is 2.39. The fourth-order valence-corrected chi connectivity index (χ4v) is 2.35. The number of aromatic nitrogens is 2. The molecule has 0 spiro atoms. The van der Waals surface area contributed by atoms with Gasteiger partial charge in [0, 0.05) is 30.7 Å². The van der Waals surface area contributed by atoms with E-state index in [1.807, 2.05) is 52.1 Å². The zero-order valence-electron chi connectivity index (χ0n) is 12.3. The maximum Gasteiger partial charge on any atom is 0.262 e. The largest absolute Gasteiger partial charge is 0.399 e. The first kappa shape index (κ1) is 14.1. The van der Waals surface area contributed by atoms with Gasteiger partial charge in [-0.3, -0.25) is 9.48 Å². The number of hydrogen-bond donors (Lipinski definition) is 1. The molecule has 0 aliphatic heterocycles. The van der Waals surface area contributed by atoms with E-state index in [9.17, 15) is 4.79 Å². The molecule has 0 unspecified atom stereocenters. The van der Waals surface area contributed by atoms with Crippen LogP contribution in [-0.2, 0) is 7.05 Å². The molecule has 0 aliphatic carbocycles. The van der Waals surface area contributed by atoms with Crippen molar-refractivity contribution in [2.75, 3.05) is 17.2 Å². The Morgan fingerprint density at radius 1 is 1.40 bits per heavy atom. The van der Waals surface area contributed by atoms with Gasteiger partial charge in [0.2, 0.25) is 0 Å². The van der Waals surface area contributed by atoms with E-state index in [2.05, 4.69) is 5.10 Å². The number of carbonyl (C=O) groups is 1. The van der Waals surface area contributed by atoms with Crippen LogP contribution in [0.1, 0.15) is 28.7 Å². The lowest BCUT2D eigenvalue weighted by Crippen LogP contribution is -2.31. The van der Waals surface area contributed by atoms with Crippen LogP contribution in [0.4, 0.5) is 11.4 Å². The van der Waals surface area contributed by atoms with Gasteiger partial charge in [0.1, 0.15) is 0 Å². The average molecular weight is 272 g/mol. The van der Waals surface area contributed by atoms with Crippen molar-refractivity contribution in [3.8, 4) is 0 Å². The Kier molecular flexibility index (Phi) is 3.79. The SMILES string of the molecule is CCN(C(=O)c1c(C)nn(C)c1C)c1cccc(N)c1. The molecule has 0 saturated carbocycles. The van der Waals surface area contributed by atoms with Gasteiger partial charge in [0.25, 0.3) is 5.91 Å². The number of aryl methyl sites for hydroxylation is 2. The van der Waals surface area contributed by atoms with Crippen molar-refractivity contribution in [1.82, 2.24) is 9.78 Å². The van der Waals surface area contributed by atoms with Crippen LogP contribution in [0.25, 0.3) is 0 Å². The Morgan fingerprint density at radius 2 is 2.10 bits per heavy atom. The van der Waals surface area contributed by atoms with Crippen molar-refractivity contribution < 1.29 is 4.79 Å². The van der Waals surface area contributed by atoms with Gasteiger partial charge < -0.3 is 10.6 Å². The number of rotatable bonds is 3. The Balaban J connectivity index is 2.44. The highest BCUT2D eigenvalue weighted by atomic mass is 16.2. The Morgan fingerprint density at radius 3 is 2.60 bits per heavy atom. The summed E-state index contributed by atoms with van der Waals surface area (Å²) < 4.78 is 1.73. The summed E-state index contributed by atoms with van der Waals surface area (Å²) >= 11 is 0. The Hall–Kier alpha value is -2.30. The van der Waals surface area contributed by atoms with Crippen LogP contribution in [-0.4, -0.2) is 22.2 Å². The van der Waals surface area contributed by atoms with Crippen LogP contribution in [0.15, 0.2) is 24.3 Å². The molecule has 0 aliphatic rings. The summed E-state index contributed by atoms with van der Waals surface area (Å²) in [6.45, 7) is 6.28. The van der Waals surface area contributed by atoms with Gasteiger partial charge >= 0.3 is 0 Å². The van der Waals surface area contributed by atoms with Crippen LogP contribution in [0.2, 0.25) is 0 Å². The zero-order chi connectivity index (χ0) is 14.9. The van der Waals surface area contributed by atoms with E-state index < -0.39 is 0 Å². The lowest BCUT2D eigenvalue weighted by molar-refractivity contribution is 0.0987. The summed E-state index contributed by atoms with van der Waals surface area (Å²) in [7, 11) is 1.84. The average Bonchev–Trinajstić information content (AvgIpc) is 2.64. The third-order valence-electron chi connectivity index (χ3n) is 3.47. The van der Waals surface area contributed by atoms with E-state index in [0.717, 1.165) is 17.1 Å². The zero-order valence-corrected chi connectivity index (χ0v) is 12.3. The van der Waals surface area contributed by atoms with Gasteiger partial charge in [0.15, 0.2) is 0 Å². The molecule has 5 heteroatoms. The molecule has 106 valence electrons. The molecule has 1 heterocycles. The lowest BCUT2D eigenvalue weighted by Gasteiger charge is -2.21. The van der Waals surface area contributed by atoms with Gasteiger partial charge in [0.05, 0.1) is 11.3 Å². The molecule has 5 nitrogen and oxygen atoms in total. The quantitative estimate of drug-likeness (QED) is 0.872. The fraction of sp³-hybridized carbons (Fsp3) is 0.333. The molecule has 0 saturated heterocycles. The third-order valence-corrected chi connectivity index (χ3v) is 3.47. The maximum absolute atomic E-state index is 12.8. The minimum absolute atomic E-state index is 0.0406. The molecule has 0 radical (unpaired) electrons. The van der Waals surface area contributed by atoms with Crippen LogP contribution in [0.5, 0.6) is 0 Å². The van der Waals surface area contributed by atoms with E-state index in [0.29, 0.717) is 17.8 Å². The minimum atomic E-state index is -0.0406. The van der Waals surface area contributed by atoms with Crippen molar-refractivity contribution in [2.45, 2.75) is 20.8 Å². The summed E-state index contributed by atoms with van der Waals surface area (Å²) in [4.78, 5) is 14.5. The van der Waals surface area contributed by atoms with E-state index in [4.69, 9.17) is 5.73 Å². The summed E-state index contributed by atoms with van der Waals surface area (Å²) in [5.74, 6) is -0.0406. The number of anilines is 2. The van der Waals surface area contributed by atoms with Crippen molar-refractivity contribution in [2.24, 2.45) is 7.05 Å². The number of nitrogens with two attached hydrogens (primary N) is 1. The molecule has 2 aromatic rings. The van der Waals surface area contributed by atoms with E-state index in [1.165, 1.54) is 0 Å². The number of nitrogen functional groups attached to an aromatic ring is 1. The van der Waals surface area contributed by atoms with Gasteiger partial charge in [-0.1, -0.05) is 6.07 Å². The Labute approximate surface area is 119 Å². The first-order valence-electron chi connectivity index (χ1n) is 6.63. The molecule has 20 heavy (non-hydrogen) atoms. The molecule has 0 bridgehead atoms. The predicted octanol–water partition coefficient (Wildman–Crippen LogP) is 2.29. The summed E-state index contributed by atoms with van der Waals surface area (Å²) in [5, 5.41) is 4.30. The van der Waals surface area contributed by atoms with Crippen LogP contribution < -0.4 is 10.6 Å². The second-order valence-corrected chi connectivity index (χ2v) is 4.81. The van der Waals surface area contributed by atoms with Crippen molar-refractivity contribution in [1.29, 1.82) is 0 Å². The first-order chi connectivity index (χ1) is 9.45. The highest BCUT2D eigenvalue weighted by Crippen LogP contribution is 2.22. The summed E-state index contributed by atoms with van der Waals surface area (Å²) in [5.41, 5.74) is 9.53. The first-order valence-corrected chi connectivity index (χ1v) is 6.63. The lowest BCUT2D eigenvalue weighted by atomic mass is 10.1. The van der Waals surface area contributed by atoms with Gasteiger partial charge in [-0.25, -0.2) is 0 Å². The highest BCUT2D eigenvalue weighted by Gasteiger charge is 2.23. The van der Waals surface area contributed by atoms with Gasteiger partial charge in [-0.2, -0.15) is 5.10 Å². The molecule has 2 N–H and O–H groups in total. The normalized spacial score (nSPS) is 10.6. The highest BCUT2D eigenvalue weighted by molar-refractivity contribution is 6.07. The molecular formula is C15H20N4O. The minimum Gasteiger partial charge on any atom is -0.399 e. The predicted molar refractivity (Wildman–Crippen MR) is 80.9 cm³/mol. The number of nitrogens with zero attached hydrogens (tertiary/aromatic N) is 3. The molecule has 0 atom stereocenters. The molecule has 1 aromatic heterocycles. The molecule has 1 aromatic carbocycles. The topological polar surface area (TPSA) is 64.2 Å². The van der Waals surface area contributed by atoms with Crippen LogP contribution in [0, 0.1) is 13.8 Å². The van der Waals surface area contributed by atoms with Gasteiger partial charge in [-0.15, -0.1) is 0 Å². The van der Waals surface area contributed by atoms with Crippen molar-refractivity contribution >= 4 is 17.3 Å². The molecule has 0 fully saturated rings. The van der Waals surface area contributed by atoms with E-state index in [1.54, 1.807) is 9.58 Å². The van der Waals surface area contributed by atoms with Crippen LogP contribution >= 0.6 is 0 Å². The maximum atomic E-state index is 12.8. The standard InChI is InChI=1S/C15H20N4O/c1-5-19(13-8-6-7-12(16)9-13)15(20)14-10(2)17-18(4)11(14)3/h6-9H,5,16H2,1-4H3. The monoisotopic (exact) mass is 272 g/mol. The second-order valence-electron chi connectivity index (χ2n) is 4.81. The smallest absolute Gasteiger partial charge is 0.262 e. The fourth-order valence-electron chi connectivity index (χ4n) is 2.35. The number of amides is 1. The Bertz CT molecular complexity index is 645.